The maximum Gasteiger partial charge on any atom is 0.338 e. The second-order valence-corrected chi connectivity index (χ2v) is 17.3. The molecule has 60 heavy (non-hydrogen) atoms. The molecule has 18 heteroatoms. The van der Waals surface area contributed by atoms with Crippen LogP contribution >= 0.6 is 0 Å². The quantitative estimate of drug-likeness (QED) is 0.0805. The molecular formula is C42H76N8O10. The molecule has 0 aliphatic heterocycles. The van der Waals surface area contributed by atoms with Crippen molar-refractivity contribution < 1.29 is 47.9 Å². The van der Waals surface area contributed by atoms with E-state index in [1.54, 1.807) is 20.8 Å². The van der Waals surface area contributed by atoms with E-state index in [1.807, 2.05) is 41.5 Å². The van der Waals surface area contributed by atoms with Crippen molar-refractivity contribution >= 4 is 53.2 Å². The number of methoxy groups -OCH3 is 1. The highest BCUT2D eigenvalue weighted by Crippen LogP contribution is 2.19. The fraction of sp³-hybridized carbons (Fsp3) is 0.786. The number of carbonyl (C=O) groups excluding carboxylic acids is 9. The molecule has 1 unspecified atom stereocenters. The molecule has 0 aromatic heterocycles. The lowest BCUT2D eigenvalue weighted by atomic mass is 9.96. The van der Waals surface area contributed by atoms with E-state index < -0.39 is 95.5 Å². The van der Waals surface area contributed by atoms with Crippen molar-refractivity contribution in [1.82, 2.24) is 40.9 Å². The van der Waals surface area contributed by atoms with Crippen molar-refractivity contribution in [2.75, 3.05) is 42.3 Å². The maximum atomic E-state index is 14.2. The van der Waals surface area contributed by atoms with Gasteiger partial charge in [-0.15, -0.1) is 0 Å². The standard InChI is InChI=1S/C42H76N8O10/c1-18-19-32(51)50(16)34(42(59)60-17)41(58)49(15)31(22-25(6)7)38(55)46-33(26(8)9)40(57)48(14)30(21-24(4)5)37(54)44-27(10)35(52)45-28(11)39(56)47(13)29(20-23(2)3)36(53)43-12/h23-31,33-34H,18-22H2,1-17H3,(H,43,53)(H,44,54)(H,45,52)(H,46,55)/t27-,28-,29-,30-,31-,33-,34?/m0/s1. The summed E-state index contributed by atoms with van der Waals surface area (Å²) in [6.07, 6.45) is 1.32. The van der Waals surface area contributed by atoms with Gasteiger partial charge in [0.25, 0.3) is 5.91 Å². The van der Waals surface area contributed by atoms with Gasteiger partial charge in [-0.05, 0) is 63.2 Å². The lowest BCUT2D eigenvalue weighted by Gasteiger charge is -2.36. The second-order valence-electron chi connectivity index (χ2n) is 17.3. The summed E-state index contributed by atoms with van der Waals surface area (Å²) in [5.41, 5.74) is 0. The molecule has 0 bridgehead atoms. The third-order valence-electron chi connectivity index (χ3n) is 10.3. The Bertz CT molecular complexity index is 1500. The van der Waals surface area contributed by atoms with Crippen molar-refractivity contribution in [3.05, 3.63) is 0 Å². The zero-order valence-electron chi connectivity index (χ0n) is 39.3. The molecule has 344 valence electrons. The first kappa shape index (κ1) is 55.2. The summed E-state index contributed by atoms with van der Waals surface area (Å²) in [5, 5.41) is 10.6. The van der Waals surface area contributed by atoms with Crippen molar-refractivity contribution in [3.63, 3.8) is 0 Å². The Kier molecular flexibility index (Phi) is 23.7. The summed E-state index contributed by atoms with van der Waals surface area (Å²) in [4.78, 5) is 125. The molecule has 18 nitrogen and oxygen atoms in total. The summed E-state index contributed by atoms with van der Waals surface area (Å²) in [6.45, 7) is 19.4. The van der Waals surface area contributed by atoms with Crippen LogP contribution in [0.15, 0.2) is 0 Å². The smallest absolute Gasteiger partial charge is 0.338 e. The molecule has 0 heterocycles. The number of rotatable bonds is 24. The van der Waals surface area contributed by atoms with Gasteiger partial charge in [-0.25, -0.2) is 4.79 Å². The van der Waals surface area contributed by atoms with Crippen LogP contribution in [-0.2, 0) is 47.9 Å². The monoisotopic (exact) mass is 853 g/mol. The third kappa shape index (κ3) is 16.4. The molecule has 0 saturated carbocycles. The molecule has 0 rings (SSSR count). The molecule has 7 atom stereocenters. The molecule has 0 aliphatic carbocycles. The maximum absolute atomic E-state index is 14.2. The first-order valence-corrected chi connectivity index (χ1v) is 21.0. The van der Waals surface area contributed by atoms with Gasteiger partial charge in [-0.3, -0.25) is 38.4 Å². The fourth-order valence-corrected chi connectivity index (χ4v) is 6.62. The summed E-state index contributed by atoms with van der Waals surface area (Å²) >= 11 is 0. The van der Waals surface area contributed by atoms with Crippen LogP contribution in [0.2, 0.25) is 0 Å². The lowest BCUT2D eigenvalue weighted by Crippen LogP contribution is -2.61. The molecule has 0 aromatic rings. The Balaban J connectivity index is 6.36. The number of hydrogen-bond donors (Lipinski definition) is 4. The van der Waals surface area contributed by atoms with E-state index >= 15 is 0 Å². The highest BCUT2D eigenvalue weighted by Gasteiger charge is 2.42. The normalized spacial score (nSPS) is 14.8. The van der Waals surface area contributed by atoms with Crippen LogP contribution in [0, 0.1) is 23.7 Å². The summed E-state index contributed by atoms with van der Waals surface area (Å²) in [6, 6.07) is -7.95. The van der Waals surface area contributed by atoms with E-state index in [0.29, 0.717) is 12.8 Å². The third-order valence-corrected chi connectivity index (χ3v) is 10.3. The molecule has 4 N–H and O–H groups in total. The van der Waals surface area contributed by atoms with Gasteiger partial charge in [-0.2, -0.15) is 0 Å². The predicted molar refractivity (Wildman–Crippen MR) is 228 cm³/mol. The van der Waals surface area contributed by atoms with Crippen LogP contribution < -0.4 is 21.3 Å². The van der Waals surface area contributed by atoms with Gasteiger partial charge in [0, 0.05) is 41.7 Å². The zero-order valence-corrected chi connectivity index (χ0v) is 39.3. The minimum Gasteiger partial charge on any atom is -0.467 e. The van der Waals surface area contributed by atoms with E-state index in [1.165, 1.54) is 58.9 Å². The minimum atomic E-state index is -1.64. The average molecular weight is 853 g/mol. The first-order chi connectivity index (χ1) is 27.7. The summed E-state index contributed by atoms with van der Waals surface area (Å²) < 4.78 is 4.86. The topological polar surface area (TPSA) is 224 Å². The Labute approximate surface area is 358 Å². The number of nitrogens with zero attached hydrogens (tertiary/aromatic N) is 4. The van der Waals surface area contributed by atoms with E-state index in [0.717, 1.165) is 16.9 Å². The Morgan fingerprint density at radius 1 is 0.517 bits per heavy atom. The molecule has 0 spiro atoms. The molecule has 0 saturated heterocycles. The number of amides is 8. The predicted octanol–water partition coefficient (Wildman–Crippen LogP) is 1.30. The highest BCUT2D eigenvalue weighted by molar-refractivity contribution is 6.06. The number of nitrogens with one attached hydrogen (secondary N) is 4. The Morgan fingerprint density at radius 2 is 0.917 bits per heavy atom. The van der Waals surface area contributed by atoms with E-state index in [2.05, 4.69) is 21.3 Å². The number of likely N-dealkylation sites (N-methyl/N-ethyl adjacent to an activating group) is 5. The largest absolute Gasteiger partial charge is 0.467 e. The van der Waals surface area contributed by atoms with E-state index in [-0.39, 0.29) is 42.9 Å². The van der Waals surface area contributed by atoms with Gasteiger partial charge in [0.2, 0.25) is 47.4 Å². The summed E-state index contributed by atoms with van der Waals surface area (Å²) in [5.74, 6) is -6.24. The van der Waals surface area contributed by atoms with Crippen molar-refractivity contribution in [3.8, 4) is 0 Å². The van der Waals surface area contributed by atoms with Crippen LogP contribution in [0.5, 0.6) is 0 Å². The molecule has 0 aliphatic rings. The lowest BCUT2D eigenvalue weighted by molar-refractivity contribution is -0.161. The second kappa shape index (κ2) is 25.8. The van der Waals surface area contributed by atoms with E-state index in [4.69, 9.17) is 4.74 Å². The first-order valence-electron chi connectivity index (χ1n) is 21.0. The minimum absolute atomic E-state index is 0.0836. The molecule has 0 fully saturated rings. The SMILES string of the molecule is CCCC(=O)N(C)C(C(=O)OC)C(=O)N(C)[C@@H](CC(C)C)C(=O)N[C@H](C(=O)N(C)[C@@H](CC(C)C)C(=O)N[C@@H](C)C(=O)N[C@@H](C)C(=O)N(C)[C@@H](CC(C)C)C(=O)NC)C(C)C. The van der Waals surface area contributed by atoms with Gasteiger partial charge in [0.15, 0.2) is 0 Å². The van der Waals surface area contributed by atoms with Crippen molar-refractivity contribution in [2.45, 2.75) is 151 Å². The highest BCUT2D eigenvalue weighted by atomic mass is 16.5. The van der Waals surface area contributed by atoms with Crippen LogP contribution in [0.25, 0.3) is 0 Å². The van der Waals surface area contributed by atoms with Crippen LogP contribution in [-0.4, -0.2) is 157 Å². The van der Waals surface area contributed by atoms with Crippen molar-refractivity contribution in [1.29, 1.82) is 0 Å². The van der Waals surface area contributed by atoms with Gasteiger partial charge in [-0.1, -0.05) is 62.3 Å². The van der Waals surface area contributed by atoms with Gasteiger partial charge >= 0.3 is 5.97 Å². The van der Waals surface area contributed by atoms with Gasteiger partial charge in [0.05, 0.1) is 7.11 Å². The van der Waals surface area contributed by atoms with Crippen molar-refractivity contribution in [2.24, 2.45) is 23.7 Å². The number of ether oxygens (including phenoxy) is 1. The van der Waals surface area contributed by atoms with Gasteiger partial charge in [0.1, 0.15) is 36.3 Å². The molecule has 0 aromatic carbocycles. The molecule has 0 radical (unpaired) electrons. The number of hydrogen-bond acceptors (Lipinski definition) is 10. The average Bonchev–Trinajstić information content (AvgIpc) is 3.17. The zero-order chi connectivity index (χ0) is 46.9. The molecular weight excluding hydrogens is 777 g/mol. The van der Waals surface area contributed by atoms with Crippen LogP contribution in [0.1, 0.15) is 108 Å². The van der Waals surface area contributed by atoms with Crippen LogP contribution in [0.4, 0.5) is 0 Å². The fourth-order valence-electron chi connectivity index (χ4n) is 6.62. The van der Waals surface area contributed by atoms with E-state index in [9.17, 15) is 43.2 Å². The van der Waals surface area contributed by atoms with Crippen LogP contribution in [0.3, 0.4) is 0 Å². The molecule has 8 amide bonds. The number of esters is 1. The number of carbonyl (C=O) groups is 9. The Hall–Kier alpha value is -4.77. The Morgan fingerprint density at radius 3 is 1.32 bits per heavy atom. The summed E-state index contributed by atoms with van der Waals surface area (Å²) in [7, 11) is 8.19. The van der Waals surface area contributed by atoms with Gasteiger partial charge < -0.3 is 45.6 Å².